The summed E-state index contributed by atoms with van der Waals surface area (Å²) in [5.74, 6) is 0. The van der Waals surface area contributed by atoms with E-state index in [-0.39, 0.29) is 12.6 Å². The molecule has 0 saturated carbocycles. The lowest BCUT2D eigenvalue weighted by Gasteiger charge is -2.27. The number of aliphatic hydroxyl groups is 1. The van der Waals surface area contributed by atoms with E-state index in [2.05, 4.69) is 16.5 Å². The minimum atomic E-state index is -0.524. The third-order valence-corrected chi connectivity index (χ3v) is 2.88. The van der Waals surface area contributed by atoms with Gasteiger partial charge in [-0.25, -0.2) is 4.98 Å². The third-order valence-electron chi connectivity index (χ3n) is 2.88. The summed E-state index contributed by atoms with van der Waals surface area (Å²) in [5.41, 5.74) is 7.61. The quantitative estimate of drug-likeness (QED) is 0.785. The lowest BCUT2D eigenvalue weighted by atomic mass is 9.96. The molecule has 1 aromatic rings. The van der Waals surface area contributed by atoms with Crippen LogP contribution in [0.5, 0.6) is 0 Å². The van der Waals surface area contributed by atoms with E-state index in [9.17, 15) is 0 Å². The molecule has 4 nitrogen and oxygen atoms in total. The van der Waals surface area contributed by atoms with Crippen molar-refractivity contribution in [2.45, 2.75) is 45.7 Å². The molecule has 4 heteroatoms. The highest BCUT2D eigenvalue weighted by molar-refractivity contribution is 5.09. The molecule has 1 aromatic heterocycles. The number of rotatable bonds is 4. The fraction of sp³-hybridized carbons (Fsp3) is 0.727. The predicted molar refractivity (Wildman–Crippen MR) is 60.7 cm³/mol. The summed E-state index contributed by atoms with van der Waals surface area (Å²) in [6.07, 6.45) is 2.57. The van der Waals surface area contributed by atoms with Crippen molar-refractivity contribution in [3.63, 3.8) is 0 Å². The molecule has 15 heavy (non-hydrogen) atoms. The van der Waals surface area contributed by atoms with Crippen molar-refractivity contribution in [3.8, 4) is 0 Å². The number of imidazole rings is 1. The average Bonchev–Trinajstić information content (AvgIpc) is 2.47. The second kappa shape index (κ2) is 4.33. The van der Waals surface area contributed by atoms with Crippen LogP contribution in [0.25, 0.3) is 0 Å². The predicted octanol–water partition coefficient (Wildman–Crippen LogP) is 1.16. The molecule has 0 bridgehead atoms. The summed E-state index contributed by atoms with van der Waals surface area (Å²) in [6, 6.07) is 0.258. The number of hydrogen-bond donors (Lipinski definition) is 2. The molecule has 0 aliphatic rings. The van der Waals surface area contributed by atoms with E-state index in [0.717, 1.165) is 17.8 Å². The largest absolute Gasteiger partial charge is 0.394 e. The number of nitrogens with two attached hydrogens (primary N) is 1. The molecule has 1 rings (SSSR count). The first-order valence-corrected chi connectivity index (χ1v) is 5.27. The van der Waals surface area contributed by atoms with Gasteiger partial charge in [0, 0.05) is 17.3 Å². The van der Waals surface area contributed by atoms with E-state index in [1.165, 1.54) is 0 Å². The SMILES string of the molecule is Cc1ncn(C(C)CC(C)(N)CO)c1C. The first kappa shape index (κ1) is 12.2. The Hall–Kier alpha value is -0.870. The molecular formula is C11H21N3O. The zero-order valence-corrected chi connectivity index (χ0v) is 9.99. The van der Waals surface area contributed by atoms with Gasteiger partial charge in [0.05, 0.1) is 18.6 Å². The van der Waals surface area contributed by atoms with Crippen molar-refractivity contribution in [2.24, 2.45) is 5.73 Å². The average molecular weight is 211 g/mol. The molecule has 0 fully saturated rings. The Bertz CT molecular complexity index is 331. The van der Waals surface area contributed by atoms with Crippen LogP contribution >= 0.6 is 0 Å². The van der Waals surface area contributed by atoms with Gasteiger partial charge >= 0.3 is 0 Å². The smallest absolute Gasteiger partial charge is 0.0953 e. The molecule has 0 saturated heterocycles. The van der Waals surface area contributed by atoms with E-state index in [4.69, 9.17) is 10.8 Å². The second-order valence-electron chi connectivity index (χ2n) is 4.69. The second-order valence-corrected chi connectivity index (χ2v) is 4.69. The summed E-state index contributed by atoms with van der Waals surface area (Å²) in [4.78, 5) is 4.25. The van der Waals surface area contributed by atoms with Gasteiger partial charge in [-0.15, -0.1) is 0 Å². The Balaban J connectivity index is 2.77. The zero-order chi connectivity index (χ0) is 11.6. The van der Waals surface area contributed by atoms with Gasteiger partial charge in [0.2, 0.25) is 0 Å². The van der Waals surface area contributed by atoms with E-state index < -0.39 is 5.54 Å². The molecule has 1 heterocycles. The Morgan fingerprint density at radius 3 is 2.60 bits per heavy atom. The Morgan fingerprint density at radius 2 is 2.20 bits per heavy atom. The van der Waals surface area contributed by atoms with E-state index in [0.29, 0.717) is 0 Å². The number of hydrogen-bond acceptors (Lipinski definition) is 3. The van der Waals surface area contributed by atoms with Crippen LogP contribution in [0.15, 0.2) is 6.33 Å². The van der Waals surface area contributed by atoms with Gasteiger partial charge in [-0.3, -0.25) is 0 Å². The van der Waals surface area contributed by atoms with Gasteiger partial charge in [0.25, 0.3) is 0 Å². The van der Waals surface area contributed by atoms with Gasteiger partial charge in [-0.2, -0.15) is 0 Å². The molecule has 0 amide bonds. The molecule has 2 unspecified atom stereocenters. The molecule has 3 N–H and O–H groups in total. The normalized spacial score (nSPS) is 17.5. The van der Waals surface area contributed by atoms with Crippen LogP contribution in [-0.4, -0.2) is 26.8 Å². The summed E-state index contributed by atoms with van der Waals surface area (Å²) in [5, 5.41) is 9.11. The van der Waals surface area contributed by atoms with Crippen molar-refractivity contribution >= 4 is 0 Å². The number of nitrogens with zero attached hydrogens (tertiary/aromatic N) is 2. The maximum atomic E-state index is 9.11. The van der Waals surface area contributed by atoms with Crippen molar-refractivity contribution in [3.05, 3.63) is 17.7 Å². The maximum Gasteiger partial charge on any atom is 0.0953 e. The highest BCUT2D eigenvalue weighted by Crippen LogP contribution is 2.21. The minimum absolute atomic E-state index is 0.00403. The van der Waals surface area contributed by atoms with Crippen LogP contribution in [0.2, 0.25) is 0 Å². The molecular weight excluding hydrogens is 190 g/mol. The molecule has 86 valence electrons. The topological polar surface area (TPSA) is 64.1 Å². The van der Waals surface area contributed by atoms with E-state index in [1.807, 2.05) is 27.1 Å². The first-order chi connectivity index (χ1) is 6.87. The number of aromatic nitrogens is 2. The third kappa shape index (κ3) is 2.79. The molecule has 0 aliphatic heterocycles. The monoisotopic (exact) mass is 211 g/mol. The summed E-state index contributed by atoms with van der Waals surface area (Å²) in [6.45, 7) is 8.00. The highest BCUT2D eigenvalue weighted by atomic mass is 16.3. The van der Waals surface area contributed by atoms with Gasteiger partial charge in [0.1, 0.15) is 0 Å². The zero-order valence-electron chi connectivity index (χ0n) is 9.99. The van der Waals surface area contributed by atoms with Gasteiger partial charge in [-0.1, -0.05) is 0 Å². The van der Waals surface area contributed by atoms with Gasteiger partial charge < -0.3 is 15.4 Å². The van der Waals surface area contributed by atoms with Gasteiger partial charge in [-0.05, 0) is 34.1 Å². The van der Waals surface area contributed by atoms with Crippen LogP contribution in [0, 0.1) is 13.8 Å². The highest BCUT2D eigenvalue weighted by Gasteiger charge is 2.22. The molecule has 0 spiro atoms. The Labute approximate surface area is 91.1 Å². The van der Waals surface area contributed by atoms with Crippen molar-refractivity contribution in [2.75, 3.05) is 6.61 Å². The fourth-order valence-corrected chi connectivity index (χ4v) is 1.80. The molecule has 0 radical (unpaired) electrons. The first-order valence-electron chi connectivity index (χ1n) is 5.27. The minimum Gasteiger partial charge on any atom is -0.394 e. The van der Waals surface area contributed by atoms with Crippen molar-refractivity contribution in [1.82, 2.24) is 9.55 Å². The van der Waals surface area contributed by atoms with Crippen LogP contribution < -0.4 is 5.73 Å². The summed E-state index contributed by atoms with van der Waals surface area (Å²) < 4.78 is 2.11. The fourth-order valence-electron chi connectivity index (χ4n) is 1.80. The lowest BCUT2D eigenvalue weighted by molar-refractivity contribution is 0.185. The van der Waals surface area contributed by atoms with E-state index in [1.54, 1.807) is 0 Å². The Morgan fingerprint density at radius 1 is 1.60 bits per heavy atom. The van der Waals surface area contributed by atoms with Crippen LogP contribution in [-0.2, 0) is 0 Å². The van der Waals surface area contributed by atoms with Crippen molar-refractivity contribution < 1.29 is 5.11 Å². The van der Waals surface area contributed by atoms with Crippen LogP contribution in [0.1, 0.15) is 37.7 Å². The number of aryl methyl sites for hydroxylation is 1. The summed E-state index contributed by atoms with van der Waals surface area (Å²) in [7, 11) is 0. The standard InChI is InChI=1S/C11H21N3O/c1-8(5-11(4,12)6-15)14-7-13-9(2)10(14)3/h7-8,15H,5-6,12H2,1-4H3. The van der Waals surface area contributed by atoms with Gasteiger partial charge in [0.15, 0.2) is 0 Å². The van der Waals surface area contributed by atoms with Crippen LogP contribution in [0.3, 0.4) is 0 Å². The van der Waals surface area contributed by atoms with Crippen molar-refractivity contribution in [1.29, 1.82) is 0 Å². The lowest BCUT2D eigenvalue weighted by Crippen LogP contribution is -2.42. The Kier molecular flexibility index (Phi) is 3.52. The molecule has 2 atom stereocenters. The number of aliphatic hydroxyl groups excluding tert-OH is 1. The van der Waals surface area contributed by atoms with Crippen LogP contribution in [0.4, 0.5) is 0 Å². The maximum absolute atomic E-state index is 9.11. The molecule has 0 aliphatic carbocycles. The molecule has 0 aromatic carbocycles. The summed E-state index contributed by atoms with van der Waals surface area (Å²) >= 11 is 0. The van der Waals surface area contributed by atoms with E-state index >= 15 is 0 Å².